The Kier molecular flexibility index (Phi) is 6.63. The van der Waals surface area contributed by atoms with Gasteiger partial charge >= 0.3 is 6.03 Å². The lowest BCUT2D eigenvalue weighted by Gasteiger charge is -2.11. The van der Waals surface area contributed by atoms with Crippen LogP contribution in [0.2, 0.25) is 0 Å². The maximum Gasteiger partial charge on any atom is 0.319 e. The third-order valence-electron chi connectivity index (χ3n) is 4.47. The number of carbonyl (C=O) groups is 1. The molecule has 0 radical (unpaired) electrons. The zero-order chi connectivity index (χ0) is 20.0. The summed E-state index contributed by atoms with van der Waals surface area (Å²) < 4.78 is 27.4. The quantitative estimate of drug-likeness (QED) is 0.479. The van der Waals surface area contributed by atoms with E-state index in [1.165, 1.54) is 12.1 Å². The van der Waals surface area contributed by atoms with Gasteiger partial charge in [-0.1, -0.05) is 29.8 Å². The predicted molar refractivity (Wildman–Crippen MR) is 108 cm³/mol. The number of rotatable bonds is 7. The highest BCUT2D eigenvalue weighted by Gasteiger charge is 2.16. The van der Waals surface area contributed by atoms with Crippen LogP contribution in [0, 0.1) is 12.8 Å². The number of aryl methyl sites for hydroxylation is 1. The molecule has 1 fully saturated rings. The van der Waals surface area contributed by atoms with Gasteiger partial charge in [-0.2, -0.15) is 0 Å². The van der Waals surface area contributed by atoms with Crippen LogP contribution in [0.3, 0.4) is 0 Å². The van der Waals surface area contributed by atoms with Gasteiger partial charge in [-0.05, 0) is 36.8 Å². The number of hydrogen-bond donors (Lipinski definition) is 5. The van der Waals surface area contributed by atoms with Crippen LogP contribution in [0.4, 0.5) is 10.5 Å². The number of hydrogen-bond acceptors (Lipinski definition) is 5. The fourth-order valence-electron chi connectivity index (χ4n) is 2.75. The molecule has 0 bridgehead atoms. The Morgan fingerprint density at radius 2 is 1.68 bits per heavy atom. The SMILES string of the molecule is Cc1ccc(CNS(=O)(=O)c2ccc(NC(=O)NCC3CNNC3)cc2)cc1. The molecular formula is C19H25N5O3S. The number of carbonyl (C=O) groups excluding carboxylic acids is 1. The average molecular weight is 404 g/mol. The third-order valence-corrected chi connectivity index (χ3v) is 5.88. The predicted octanol–water partition coefficient (Wildman–Crippen LogP) is 1.32. The zero-order valence-electron chi connectivity index (χ0n) is 15.7. The molecule has 8 nitrogen and oxygen atoms in total. The summed E-state index contributed by atoms with van der Waals surface area (Å²) in [5, 5.41) is 5.50. The first kappa shape index (κ1) is 20.3. The van der Waals surface area contributed by atoms with E-state index in [0.717, 1.165) is 24.2 Å². The highest BCUT2D eigenvalue weighted by molar-refractivity contribution is 7.89. The summed E-state index contributed by atoms with van der Waals surface area (Å²) in [6, 6.07) is 13.4. The fraction of sp³-hybridized carbons (Fsp3) is 0.316. The molecule has 150 valence electrons. The largest absolute Gasteiger partial charge is 0.337 e. The first-order valence-electron chi connectivity index (χ1n) is 9.08. The standard InChI is InChI=1S/C19H25N5O3S/c1-14-2-4-15(5-3-14)13-23-28(26,27)18-8-6-17(7-9-18)24-19(25)20-10-16-11-21-22-12-16/h2-9,16,21-23H,10-13H2,1H3,(H2,20,24,25). The van der Waals surface area contributed by atoms with E-state index in [2.05, 4.69) is 26.2 Å². The lowest BCUT2D eigenvalue weighted by atomic mass is 10.2. The van der Waals surface area contributed by atoms with Gasteiger partial charge in [-0.15, -0.1) is 0 Å². The van der Waals surface area contributed by atoms with E-state index in [9.17, 15) is 13.2 Å². The normalized spacial score (nSPS) is 14.8. The van der Waals surface area contributed by atoms with E-state index < -0.39 is 10.0 Å². The number of benzene rings is 2. The molecule has 3 rings (SSSR count). The summed E-state index contributed by atoms with van der Waals surface area (Å²) in [6.07, 6.45) is 0. The fourth-order valence-corrected chi connectivity index (χ4v) is 3.76. The van der Waals surface area contributed by atoms with Crippen molar-refractivity contribution in [3.8, 4) is 0 Å². The number of amides is 2. The number of nitrogens with one attached hydrogen (secondary N) is 5. The summed E-state index contributed by atoms with van der Waals surface area (Å²) in [5.74, 6) is 0.345. The van der Waals surface area contributed by atoms with E-state index in [0.29, 0.717) is 18.2 Å². The van der Waals surface area contributed by atoms with Crippen molar-refractivity contribution in [3.05, 3.63) is 59.7 Å². The second kappa shape index (κ2) is 9.16. The summed E-state index contributed by atoms with van der Waals surface area (Å²) >= 11 is 0. The summed E-state index contributed by atoms with van der Waals surface area (Å²) in [6.45, 7) is 4.37. The lowest BCUT2D eigenvalue weighted by molar-refractivity contribution is 0.250. The van der Waals surface area contributed by atoms with Crippen molar-refractivity contribution in [2.24, 2.45) is 5.92 Å². The van der Waals surface area contributed by atoms with Gasteiger partial charge in [-0.3, -0.25) is 10.9 Å². The van der Waals surface area contributed by atoms with Crippen molar-refractivity contribution in [2.75, 3.05) is 25.0 Å². The summed E-state index contributed by atoms with van der Waals surface area (Å²) in [4.78, 5) is 12.1. The second-order valence-electron chi connectivity index (χ2n) is 6.80. The Morgan fingerprint density at radius 3 is 2.32 bits per heavy atom. The molecule has 1 aliphatic heterocycles. The third kappa shape index (κ3) is 5.77. The minimum absolute atomic E-state index is 0.147. The first-order chi connectivity index (χ1) is 13.4. The molecule has 9 heteroatoms. The molecule has 2 aromatic carbocycles. The Balaban J connectivity index is 1.51. The molecule has 1 saturated heterocycles. The van der Waals surface area contributed by atoms with E-state index in [-0.39, 0.29) is 17.5 Å². The van der Waals surface area contributed by atoms with Crippen LogP contribution in [-0.4, -0.2) is 34.1 Å². The number of hydrazine groups is 1. The monoisotopic (exact) mass is 403 g/mol. The van der Waals surface area contributed by atoms with Crippen molar-refractivity contribution >= 4 is 21.7 Å². The molecule has 28 heavy (non-hydrogen) atoms. The van der Waals surface area contributed by atoms with Gasteiger partial charge < -0.3 is 10.6 Å². The van der Waals surface area contributed by atoms with Gasteiger partial charge in [0.25, 0.3) is 0 Å². The van der Waals surface area contributed by atoms with Crippen molar-refractivity contribution in [3.63, 3.8) is 0 Å². The smallest absolute Gasteiger partial charge is 0.319 e. The van der Waals surface area contributed by atoms with E-state index in [1.807, 2.05) is 31.2 Å². The van der Waals surface area contributed by atoms with Gasteiger partial charge in [0.05, 0.1) is 4.90 Å². The van der Waals surface area contributed by atoms with Gasteiger partial charge in [0, 0.05) is 37.8 Å². The molecule has 0 saturated carbocycles. The van der Waals surface area contributed by atoms with E-state index in [4.69, 9.17) is 0 Å². The maximum atomic E-state index is 12.4. The van der Waals surface area contributed by atoms with Crippen molar-refractivity contribution in [2.45, 2.75) is 18.4 Å². The lowest BCUT2D eigenvalue weighted by Crippen LogP contribution is -2.34. The van der Waals surface area contributed by atoms with Gasteiger partial charge in [0.15, 0.2) is 0 Å². The van der Waals surface area contributed by atoms with Crippen LogP contribution >= 0.6 is 0 Å². The van der Waals surface area contributed by atoms with Crippen LogP contribution in [0.5, 0.6) is 0 Å². The molecule has 0 atom stereocenters. The van der Waals surface area contributed by atoms with E-state index in [1.54, 1.807) is 12.1 Å². The average Bonchev–Trinajstić information content (AvgIpc) is 3.20. The molecule has 0 spiro atoms. The van der Waals surface area contributed by atoms with Gasteiger partial charge in [0.2, 0.25) is 10.0 Å². The van der Waals surface area contributed by atoms with Crippen molar-refractivity contribution in [1.82, 2.24) is 20.9 Å². The molecular weight excluding hydrogens is 378 g/mol. The van der Waals surface area contributed by atoms with E-state index >= 15 is 0 Å². The molecule has 2 aromatic rings. The molecule has 0 unspecified atom stereocenters. The van der Waals surface area contributed by atoms with Crippen LogP contribution < -0.4 is 26.2 Å². The number of urea groups is 1. The van der Waals surface area contributed by atoms with Crippen LogP contribution in [0.15, 0.2) is 53.4 Å². The van der Waals surface area contributed by atoms with Gasteiger partial charge in [0.1, 0.15) is 0 Å². The molecule has 0 aliphatic carbocycles. The highest BCUT2D eigenvalue weighted by Crippen LogP contribution is 2.14. The Labute approximate surface area is 165 Å². The molecule has 1 heterocycles. The highest BCUT2D eigenvalue weighted by atomic mass is 32.2. The topological polar surface area (TPSA) is 111 Å². The number of sulfonamides is 1. The van der Waals surface area contributed by atoms with Crippen molar-refractivity contribution < 1.29 is 13.2 Å². The second-order valence-corrected chi connectivity index (χ2v) is 8.56. The molecule has 5 N–H and O–H groups in total. The minimum atomic E-state index is -3.63. The Bertz CT molecular complexity index is 892. The van der Waals surface area contributed by atoms with Gasteiger partial charge in [-0.25, -0.2) is 17.9 Å². The molecule has 2 amide bonds. The minimum Gasteiger partial charge on any atom is -0.337 e. The zero-order valence-corrected chi connectivity index (χ0v) is 16.5. The molecule has 1 aliphatic rings. The Hall–Kier alpha value is -2.46. The summed E-state index contributed by atoms with van der Waals surface area (Å²) in [7, 11) is -3.63. The first-order valence-corrected chi connectivity index (χ1v) is 10.6. The number of anilines is 1. The van der Waals surface area contributed by atoms with Crippen molar-refractivity contribution in [1.29, 1.82) is 0 Å². The summed E-state index contributed by atoms with van der Waals surface area (Å²) in [5.41, 5.74) is 8.54. The van der Waals surface area contributed by atoms with Crippen LogP contribution in [0.25, 0.3) is 0 Å². The molecule has 0 aromatic heterocycles. The van der Waals surface area contributed by atoms with Crippen LogP contribution in [0.1, 0.15) is 11.1 Å². The maximum absolute atomic E-state index is 12.4. The Morgan fingerprint density at radius 1 is 1.04 bits per heavy atom. The van der Waals surface area contributed by atoms with Crippen LogP contribution in [-0.2, 0) is 16.6 Å².